The molecule has 3 unspecified atom stereocenters. The van der Waals surface area contributed by atoms with Gasteiger partial charge in [-0.15, -0.1) is 0 Å². The van der Waals surface area contributed by atoms with Crippen molar-refractivity contribution in [1.29, 1.82) is 0 Å². The highest BCUT2D eigenvalue weighted by Crippen LogP contribution is 2.23. The third-order valence-corrected chi connectivity index (χ3v) is 4.46. The van der Waals surface area contributed by atoms with Gasteiger partial charge in [0.05, 0.1) is 6.61 Å². The molecule has 2 rings (SSSR count). The molecule has 100 valence electrons. The summed E-state index contributed by atoms with van der Waals surface area (Å²) >= 11 is 0. The minimum Gasteiger partial charge on any atom is -0.384 e. The van der Waals surface area contributed by atoms with Crippen molar-refractivity contribution in [3.8, 4) is 0 Å². The molecule has 0 aromatic rings. The average molecular weight is 240 g/mol. The van der Waals surface area contributed by atoms with Crippen LogP contribution < -0.4 is 5.32 Å². The Bertz CT molecular complexity index is 220. The molecule has 0 amide bonds. The average Bonchev–Trinajstić information content (AvgIpc) is 2.33. The molecule has 3 atom stereocenters. The van der Waals surface area contributed by atoms with Crippen LogP contribution in [0.15, 0.2) is 0 Å². The van der Waals surface area contributed by atoms with Gasteiger partial charge in [-0.1, -0.05) is 6.92 Å². The number of hydrogen-bond acceptors (Lipinski definition) is 3. The maximum atomic E-state index is 5.30. The summed E-state index contributed by atoms with van der Waals surface area (Å²) in [7, 11) is 1.83. The summed E-state index contributed by atoms with van der Waals surface area (Å²) in [5.74, 6) is 2.51. The Labute approximate surface area is 106 Å². The van der Waals surface area contributed by atoms with Gasteiger partial charge >= 0.3 is 0 Å². The Balaban J connectivity index is 1.77. The first-order valence-corrected chi connectivity index (χ1v) is 7.21. The van der Waals surface area contributed by atoms with E-state index in [1.807, 2.05) is 7.11 Å². The van der Waals surface area contributed by atoms with Crippen molar-refractivity contribution in [1.82, 2.24) is 10.2 Å². The molecule has 3 heteroatoms. The molecule has 1 N–H and O–H groups in total. The second-order valence-corrected chi connectivity index (χ2v) is 5.95. The van der Waals surface area contributed by atoms with Crippen LogP contribution in [0.1, 0.15) is 26.2 Å². The second kappa shape index (κ2) is 6.72. The van der Waals surface area contributed by atoms with Crippen molar-refractivity contribution in [2.75, 3.05) is 46.4 Å². The molecule has 2 aliphatic heterocycles. The van der Waals surface area contributed by atoms with Crippen molar-refractivity contribution < 1.29 is 4.74 Å². The Morgan fingerprint density at radius 1 is 1.35 bits per heavy atom. The van der Waals surface area contributed by atoms with Gasteiger partial charge in [0.25, 0.3) is 0 Å². The van der Waals surface area contributed by atoms with Gasteiger partial charge in [0.1, 0.15) is 0 Å². The number of likely N-dealkylation sites (tertiary alicyclic amines) is 1. The maximum Gasteiger partial charge on any atom is 0.0502 e. The Hall–Kier alpha value is -0.120. The van der Waals surface area contributed by atoms with Crippen LogP contribution >= 0.6 is 0 Å². The first-order valence-electron chi connectivity index (χ1n) is 7.21. The lowest BCUT2D eigenvalue weighted by molar-refractivity contribution is 0.0724. The molecular formula is C14H28N2O. The third kappa shape index (κ3) is 3.94. The summed E-state index contributed by atoms with van der Waals surface area (Å²) in [6.45, 7) is 9.63. The predicted octanol–water partition coefficient (Wildman–Crippen LogP) is 1.59. The molecule has 0 aromatic carbocycles. The summed E-state index contributed by atoms with van der Waals surface area (Å²) in [5.41, 5.74) is 0. The zero-order chi connectivity index (χ0) is 12.1. The Morgan fingerprint density at radius 2 is 2.24 bits per heavy atom. The van der Waals surface area contributed by atoms with Gasteiger partial charge in [-0.3, -0.25) is 0 Å². The van der Waals surface area contributed by atoms with Gasteiger partial charge in [0.2, 0.25) is 0 Å². The second-order valence-electron chi connectivity index (χ2n) is 5.95. The lowest BCUT2D eigenvalue weighted by atomic mass is 9.86. The van der Waals surface area contributed by atoms with Crippen LogP contribution in [0.2, 0.25) is 0 Å². The number of hydrogen-bond donors (Lipinski definition) is 1. The number of nitrogens with zero attached hydrogens (tertiary/aromatic N) is 1. The van der Waals surface area contributed by atoms with Crippen molar-refractivity contribution >= 4 is 0 Å². The van der Waals surface area contributed by atoms with Crippen LogP contribution in [0.4, 0.5) is 0 Å². The summed E-state index contributed by atoms with van der Waals surface area (Å²) in [6.07, 6.45) is 4.06. The molecule has 0 aromatic heterocycles. The molecular weight excluding hydrogens is 212 g/mol. The van der Waals surface area contributed by atoms with E-state index in [0.717, 1.165) is 24.4 Å². The Morgan fingerprint density at radius 3 is 3.00 bits per heavy atom. The standard InChI is InChI=1S/C14H28N2O/c1-12-8-15-6-5-14(12)10-16-7-3-4-13(9-16)11-17-2/h12-15H,3-11H2,1-2H3. The van der Waals surface area contributed by atoms with Crippen LogP contribution in [-0.4, -0.2) is 51.3 Å². The monoisotopic (exact) mass is 240 g/mol. The fourth-order valence-corrected chi connectivity index (χ4v) is 3.36. The van der Waals surface area contributed by atoms with E-state index in [0.29, 0.717) is 0 Å². The van der Waals surface area contributed by atoms with Crippen LogP contribution in [0.3, 0.4) is 0 Å². The molecule has 0 spiro atoms. The van der Waals surface area contributed by atoms with E-state index in [1.54, 1.807) is 0 Å². The van der Waals surface area contributed by atoms with E-state index >= 15 is 0 Å². The van der Waals surface area contributed by atoms with Crippen molar-refractivity contribution in [3.05, 3.63) is 0 Å². The van der Waals surface area contributed by atoms with E-state index in [9.17, 15) is 0 Å². The summed E-state index contributed by atoms with van der Waals surface area (Å²) in [4.78, 5) is 2.68. The third-order valence-electron chi connectivity index (χ3n) is 4.46. The smallest absolute Gasteiger partial charge is 0.0502 e. The highest BCUT2D eigenvalue weighted by atomic mass is 16.5. The number of ether oxygens (including phenoxy) is 1. The Kier molecular flexibility index (Phi) is 5.26. The largest absolute Gasteiger partial charge is 0.384 e. The molecule has 0 aliphatic carbocycles. The lowest BCUT2D eigenvalue weighted by Crippen LogP contribution is -2.45. The zero-order valence-electron chi connectivity index (χ0n) is 11.5. The van der Waals surface area contributed by atoms with Crippen LogP contribution in [0, 0.1) is 17.8 Å². The van der Waals surface area contributed by atoms with E-state index in [2.05, 4.69) is 17.1 Å². The van der Waals surface area contributed by atoms with E-state index in [1.165, 1.54) is 52.0 Å². The summed E-state index contributed by atoms with van der Waals surface area (Å²) in [5, 5.41) is 3.49. The first kappa shape index (κ1) is 13.3. The van der Waals surface area contributed by atoms with E-state index < -0.39 is 0 Å². The van der Waals surface area contributed by atoms with E-state index in [-0.39, 0.29) is 0 Å². The van der Waals surface area contributed by atoms with Crippen molar-refractivity contribution in [2.45, 2.75) is 26.2 Å². The summed E-state index contributed by atoms with van der Waals surface area (Å²) < 4.78 is 5.30. The number of methoxy groups -OCH3 is 1. The van der Waals surface area contributed by atoms with Gasteiger partial charge in [0, 0.05) is 20.2 Å². The number of rotatable bonds is 4. The van der Waals surface area contributed by atoms with Gasteiger partial charge in [0.15, 0.2) is 0 Å². The molecule has 2 fully saturated rings. The van der Waals surface area contributed by atoms with Gasteiger partial charge in [-0.2, -0.15) is 0 Å². The SMILES string of the molecule is COCC1CCCN(CC2CCNCC2C)C1. The topological polar surface area (TPSA) is 24.5 Å². The molecule has 2 aliphatic rings. The normalized spacial score (nSPS) is 36.0. The summed E-state index contributed by atoms with van der Waals surface area (Å²) in [6, 6.07) is 0. The van der Waals surface area contributed by atoms with Crippen molar-refractivity contribution in [2.24, 2.45) is 17.8 Å². The molecule has 17 heavy (non-hydrogen) atoms. The quantitative estimate of drug-likeness (QED) is 0.807. The highest BCUT2D eigenvalue weighted by molar-refractivity contribution is 4.80. The molecule has 3 nitrogen and oxygen atoms in total. The van der Waals surface area contributed by atoms with E-state index in [4.69, 9.17) is 4.74 Å². The molecule has 0 saturated carbocycles. The zero-order valence-corrected chi connectivity index (χ0v) is 11.5. The van der Waals surface area contributed by atoms with Crippen molar-refractivity contribution in [3.63, 3.8) is 0 Å². The lowest BCUT2D eigenvalue weighted by Gasteiger charge is -2.38. The van der Waals surface area contributed by atoms with Crippen LogP contribution in [-0.2, 0) is 4.74 Å². The fourth-order valence-electron chi connectivity index (χ4n) is 3.36. The number of nitrogens with one attached hydrogen (secondary N) is 1. The minimum absolute atomic E-state index is 0.769. The molecule has 2 saturated heterocycles. The minimum atomic E-state index is 0.769. The molecule has 2 heterocycles. The number of piperidine rings is 2. The maximum absolute atomic E-state index is 5.30. The van der Waals surface area contributed by atoms with Gasteiger partial charge in [-0.05, 0) is 56.7 Å². The predicted molar refractivity (Wildman–Crippen MR) is 71.2 cm³/mol. The van der Waals surface area contributed by atoms with Gasteiger partial charge in [-0.25, -0.2) is 0 Å². The molecule has 0 radical (unpaired) electrons. The van der Waals surface area contributed by atoms with Crippen LogP contribution in [0.5, 0.6) is 0 Å². The highest BCUT2D eigenvalue weighted by Gasteiger charge is 2.26. The molecule has 0 bridgehead atoms. The first-order chi connectivity index (χ1) is 8.29. The fraction of sp³-hybridized carbons (Fsp3) is 1.00. The van der Waals surface area contributed by atoms with Crippen LogP contribution in [0.25, 0.3) is 0 Å². The van der Waals surface area contributed by atoms with Gasteiger partial charge < -0.3 is 15.0 Å².